The van der Waals surface area contributed by atoms with Gasteiger partial charge in [0.05, 0.1) is 0 Å². The molecule has 0 aromatic heterocycles. The van der Waals surface area contributed by atoms with Crippen molar-refractivity contribution in [1.29, 1.82) is 0 Å². The Labute approximate surface area is 113 Å². The Morgan fingerprint density at radius 3 is 2.24 bits per heavy atom. The summed E-state index contributed by atoms with van der Waals surface area (Å²) in [5.41, 5.74) is 1.26. The molecule has 0 atom stereocenters. The topological polar surface area (TPSA) is 21.3 Å². The van der Waals surface area contributed by atoms with E-state index in [4.69, 9.17) is 4.74 Å². The normalized spacial score (nSPS) is 11.6. The van der Waals surface area contributed by atoms with Crippen LogP contribution in [0.4, 0.5) is 0 Å². The third kappa shape index (κ3) is 16.4. The molecule has 0 unspecified atom stereocenters. The molecule has 0 aromatic carbocycles. The summed E-state index contributed by atoms with van der Waals surface area (Å²) in [5.74, 6) is 5.57. The van der Waals surface area contributed by atoms with Crippen LogP contribution in [0, 0.1) is 5.92 Å². The van der Waals surface area contributed by atoms with E-state index in [1.54, 1.807) is 0 Å². The Hall–Kier alpha value is 0.439. The predicted octanol–water partition coefficient (Wildman–Crippen LogP) is 3.49. The molecule has 0 fully saturated rings. The summed E-state index contributed by atoms with van der Waals surface area (Å²) in [6, 6.07) is 0. The Morgan fingerprint density at radius 1 is 1.00 bits per heavy atom. The summed E-state index contributed by atoms with van der Waals surface area (Å²) in [5, 5.41) is 3.51. The summed E-state index contributed by atoms with van der Waals surface area (Å²) in [4.78, 5) is 0. The van der Waals surface area contributed by atoms with Gasteiger partial charge in [0.25, 0.3) is 0 Å². The average Bonchev–Trinajstić information content (AvgIpc) is 2.25. The first-order chi connectivity index (χ1) is 8.13. The van der Waals surface area contributed by atoms with Crippen LogP contribution in [0.25, 0.3) is 0 Å². The number of hydrogen-bond acceptors (Lipinski definition) is 2. The molecular weight excluding hydrogens is 277 g/mol. The fourth-order valence-corrected chi connectivity index (χ4v) is 2.75. The molecule has 105 valence electrons. The van der Waals surface area contributed by atoms with Crippen molar-refractivity contribution in [2.24, 2.45) is 5.92 Å². The second-order valence-electron chi connectivity index (χ2n) is 5.34. The molecule has 2 nitrogen and oxygen atoms in total. The molecule has 0 amide bonds. The van der Waals surface area contributed by atoms with Crippen LogP contribution >= 0.6 is 0 Å². The molecule has 0 aliphatic heterocycles. The average molecular weight is 309 g/mol. The number of ether oxygens (including phenoxy) is 1. The van der Waals surface area contributed by atoms with Gasteiger partial charge in [-0.25, -0.2) is 0 Å². The van der Waals surface area contributed by atoms with Gasteiger partial charge in [-0.1, -0.05) is 13.8 Å². The van der Waals surface area contributed by atoms with E-state index in [-0.39, 0.29) is 13.9 Å². The van der Waals surface area contributed by atoms with E-state index in [1.807, 2.05) is 0 Å². The number of rotatable bonds is 12. The summed E-state index contributed by atoms with van der Waals surface area (Å²) in [6.07, 6.45) is 6.35. The van der Waals surface area contributed by atoms with Gasteiger partial charge in [0.1, 0.15) is 0 Å². The molecule has 0 bridgehead atoms. The van der Waals surface area contributed by atoms with Crippen LogP contribution in [0.5, 0.6) is 0 Å². The summed E-state index contributed by atoms with van der Waals surface area (Å²) in [7, 11) is 0. The molecule has 3 heteroatoms. The maximum atomic E-state index is 5.62. The SMILES string of the molecule is CC(C)CCCCOCCCCNC[Se](C)C. The van der Waals surface area contributed by atoms with E-state index in [1.165, 1.54) is 44.1 Å². The standard InChI is InChI=1S/C14H32NOSe/c1-14(2)9-5-7-11-16-12-8-6-10-15-13-17(3)4/h14-15H,5-13H2,1-4H3. The molecule has 0 aliphatic rings. The monoisotopic (exact) mass is 310 g/mol. The zero-order chi connectivity index (χ0) is 12.9. The van der Waals surface area contributed by atoms with Gasteiger partial charge < -0.3 is 0 Å². The van der Waals surface area contributed by atoms with Gasteiger partial charge in [-0.05, 0) is 0 Å². The van der Waals surface area contributed by atoms with Gasteiger partial charge in [-0.2, -0.15) is 0 Å². The first kappa shape index (κ1) is 17.4. The predicted molar refractivity (Wildman–Crippen MR) is 79.1 cm³/mol. The third-order valence-electron chi connectivity index (χ3n) is 2.60. The Balaban J connectivity index is 2.94. The van der Waals surface area contributed by atoms with E-state index in [9.17, 15) is 0 Å². The van der Waals surface area contributed by atoms with Crippen molar-refractivity contribution in [2.45, 2.75) is 57.6 Å². The van der Waals surface area contributed by atoms with Gasteiger partial charge in [-0.3, -0.25) is 0 Å². The second-order valence-corrected chi connectivity index (χ2v) is 10.1. The van der Waals surface area contributed by atoms with E-state index in [0.29, 0.717) is 0 Å². The molecule has 1 radical (unpaired) electrons. The first-order valence-corrected chi connectivity index (χ1v) is 11.6. The Morgan fingerprint density at radius 2 is 1.65 bits per heavy atom. The molecular formula is C14H32NOSe. The van der Waals surface area contributed by atoms with Crippen molar-refractivity contribution in [3.63, 3.8) is 0 Å². The minimum absolute atomic E-state index is 0.284. The first-order valence-electron chi connectivity index (χ1n) is 6.95. The van der Waals surface area contributed by atoms with Crippen molar-refractivity contribution >= 4 is 13.9 Å². The van der Waals surface area contributed by atoms with Crippen molar-refractivity contribution in [3.8, 4) is 0 Å². The summed E-state index contributed by atoms with van der Waals surface area (Å²) in [6.45, 7) is 7.64. The fraction of sp³-hybridized carbons (Fsp3) is 1.00. The van der Waals surface area contributed by atoms with Crippen molar-refractivity contribution < 1.29 is 4.74 Å². The van der Waals surface area contributed by atoms with E-state index in [2.05, 4.69) is 30.8 Å². The molecule has 0 saturated carbocycles. The molecule has 0 aliphatic carbocycles. The van der Waals surface area contributed by atoms with Crippen LogP contribution in [0.1, 0.15) is 46.0 Å². The van der Waals surface area contributed by atoms with Crippen LogP contribution < -0.4 is 5.32 Å². The van der Waals surface area contributed by atoms with Gasteiger partial charge in [0.2, 0.25) is 0 Å². The summed E-state index contributed by atoms with van der Waals surface area (Å²) >= 11 is -0.284. The van der Waals surface area contributed by atoms with Gasteiger partial charge in [0.15, 0.2) is 0 Å². The van der Waals surface area contributed by atoms with Crippen LogP contribution in [0.15, 0.2) is 0 Å². The van der Waals surface area contributed by atoms with Crippen molar-refractivity contribution in [2.75, 3.05) is 25.2 Å². The maximum absolute atomic E-state index is 5.62. The molecule has 0 rings (SSSR count). The quantitative estimate of drug-likeness (QED) is 0.440. The number of unbranched alkanes of at least 4 members (excludes halogenated alkanes) is 2. The van der Waals surface area contributed by atoms with Crippen LogP contribution in [0.2, 0.25) is 11.6 Å². The number of hydrogen-bond donors (Lipinski definition) is 1. The zero-order valence-electron chi connectivity index (χ0n) is 12.3. The van der Waals surface area contributed by atoms with Crippen LogP contribution in [-0.4, -0.2) is 39.1 Å². The third-order valence-corrected chi connectivity index (χ3v) is 4.24. The van der Waals surface area contributed by atoms with Gasteiger partial charge >= 0.3 is 98.8 Å². The zero-order valence-corrected chi connectivity index (χ0v) is 14.0. The van der Waals surface area contributed by atoms with Crippen LogP contribution in [-0.2, 0) is 4.74 Å². The Kier molecular flexibility index (Phi) is 13.2. The van der Waals surface area contributed by atoms with Gasteiger partial charge in [0, 0.05) is 0 Å². The second kappa shape index (κ2) is 12.9. The molecule has 0 aromatic rings. The summed E-state index contributed by atoms with van der Waals surface area (Å²) < 4.78 is 5.62. The fourth-order valence-electron chi connectivity index (χ4n) is 1.59. The van der Waals surface area contributed by atoms with Gasteiger partial charge in [-0.15, -0.1) is 0 Å². The van der Waals surface area contributed by atoms with E-state index >= 15 is 0 Å². The van der Waals surface area contributed by atoms with E-state index < -0.39 is 0 Å². The molecule has 0 saturated heterocycles. The Bertz CT molecular complexity index is 135. The van der Waals surface area contributed by atoms with Crippen molar-refractivity contribution in [3.05, 3.63) is 0 Å². The van der Waals surface area contributed by atoms with E-state index in [0.717, 1.165) is 19.1 Å². The molecule has 17 heavy (non-hydrogen) atoms. The molecule has 1 N–H and O–H groups in total. The number of nitrogens with one attached hydrogen (secondary N) is 1. The van der Waals surface area contributed by atoms with Crippen LogP contribution in [0.3, 0.4) is 0 Å². The molecule has 0 spiro atoms. The minimum atomic E-state index is -0.284. The van der Waals surface area contributed by atoms with Crippen molar-refractivity contribution in [1.82, 2.24) is 5.32 Å². The molecule has 0 heterocycles.